The average Bonchev–Trinajstić information content (AvgIpc) is 2.93. The van der Waals surface area contributed by atoms with Crippen molar-refractivity contribution in [1.82, 2.24) is 14.8 Å². The molecule has 0 aromatic carbocycles. The molecular formula is C16H22F3N3O4. The Labute approximate surface area is 148 Å². The summed E-state index contributed by atoms with van der Waals surface area (Å²) < 4.78 is 37.4. The molecule has 1 amide bonds. The van der Waals surface area contributed by atoms with Gasteiger partial charge in [-0.3, -0.25) is 9.69 Å². The van der Waals surface area contributed by atoms with Crippen molar-refractivity contribution in [2.24, 2.45) is 5.92 Å². The topological polar surface area (TPSA) is 86.9 Å². The standard InChI is InChI=1S/C14H21N3O2.C2HF3O2/c1-9-6-10(7-9)17(3)14(18)13-15-11-8-16(2)5-4-12(11)19-13;3-2(4,5)1(6)7/h9-10H,4-8H2,1-3H3;(H,6,7). The van der Waals surface area contributed by atoms with Crippen LogP contribution >= 0.6 is 0 Å². The van der Waals surface area contributed by atoms with Crippen molar-refractivity contribution < 1.29 is 32.3 Å². The predicted molar refractivity (Wildman–Crippen MR) is 84.5 cm³/mol. The number of fused-ring (bicyclic) bond motifs is 1. The molecule has 7 nitrogen and oxygen atoms in total. The number of alkyl halides is 3. The first-order valence-corrected chi connectivity index (χ1v) is 8.23. The van der Waals surface area contributed by atoms with Gasteiger partial charge in [0.1, 0.15) is 5.76 Å². The van der Waals surface area contributed by atoms with Gasteiger partial charge in [0.15, 0.2) is 0 Å². The van der Waals surface area contributed by atoms with Crippen molar-refractivity contribution in [3.63, 3.8) is 0 Å². The van der Waals surface area contributed by atoms with Crippen molar-refractivity contribution in [2.75, 3.05) is 20.6 Å². The number of rotatable bonds is 2. The van der Waals surface area contributed by atoms with E-state index in [2.05, 4.69) is 23.9 Å². The van der Waals surface area contributed by atoms with Crippen LogP contribution in [0, 0.1) is 5.92 Å². The zero-order valence-electron chi connectivity index (χ0n) is 14.8. The predicted octanol–water partition coefficient (Wildman–Crippen LogP) is 2.17. The Morgan fingerprint density at radius 2 is 1.92 bits per heavy atom. The van der Waals surface area contributed by atoms with Gasteiger partial charge < -0.3 is 14.4 Å². The Hall–Kier alpha value is -2.10. The summed E-state index contributed by atoms with van der Waals surface area (Å²) in [5.74, 6) is -0.952. The average molecular weight is 377 g/mol. The molecule has 1 saturated carbocycles. The van der Waals surface area contributed by atoms with Gasteiger partial charge in [-0.15, -0.1) is 0 Å². The molecule has 0 atom stereocenters. The van der Waals surface area contributed by atoms with Gasteiger partial charge in [0, 0.05) is 32.6 Å². The van der Waals surface area contributed by atoms with Gasteiger partial charge >= 0.3 is 18.1 Å². The van der Waals surface area contributed by atoms with Gasteiger partial charge in [-0.2, -0.15) is 13.2 Å². The third-order valence-corrected chi connectivity index (χ3v) is 4.56. The monoisotopic (exact) mass is 377 g/mol. The summed E-state index contributed by atoms with van der Waals surface area (Å²) in [5.41, 5.74) is 0.924. The minimum Gasteiger partial charge on any atom is -0.475 e. The van der Waals surface area contributed by atoms with E-state index < -0.39 is 12.1 Å². The normalized spacial score (nSPS) is 22.5. The van der Waals surface area contributed by atoms with Crippen LogP contribution in [-0.2, 0) is 17.8 Å². The summed E-state index contributed by atoms with van der Waals surface area (Å²) in [6.07, 6.45) is -2.06. The summed E-state index contributed by atoms with van der Waals surface area (Å²) in [6.45, 7) is 3.95. The molecule has 1 aromatic rings. The first-order chi connectivity index (χ1) is 12.0. The third-order valence-electron chi connectivity index (χ3n) is 4.56. The maximum Gasteiger partial charge on any atom is 0.490 e. The highest BCUT2D eigenvalue weighted by molar-refractivity contribution is 5.89. The van der Waals surface area contributed by atoms with E-state index in [1.54, 1.807) is 4.90 Å². The molecule has 3 rings (SSSR count). The van der Waals surface area contributed by atoms with Crippen LogP contribution in [0.3, 0.4) is 0 Å². The Morgan fingerprint density at radius 3 is 2.42 bits per heavy atom. The van der Waals surface area contributed by atoms with Crippen molar-refractivity contribution in [1.29, 1.82) is 0 Å². The molecule has 0 saturated heterocycles. The highest BCUT2D eigenvalue weighted by atomic mass is 19.4. The number of aromatic nitrogens is 1. The molecular weight excluding hydrogens is 355 g/mol. The van der Waals surface area contributed by atoms with E-state index in [1.165, 1.54) is 0 Å². The number of hydrogen-bond acceptors (Lipinski definition) is 5. The minimum absolute atomic E-state index is 0.0750. The first-order valence-electron chi connectivity index (χ1n) is 8.23. The Morgan fingerprint density at radius 1 is 1.35 bits per heavy atom. The minimum atomic E-state index is -5.08. The van der Waals surface area contributed by atoms with Crippen LogP contribution in [0.5, 0.6) is 0 Å². The molecule has 1 N–H and O–H groups in total. The summed E-state index contributed by atoms with van der Waals surface area (Å²) in [6, 6.07) is 0.356. The van der Waals surface area contributed by atoms with E-state index in [0.717, 1.165) is 49.7 Å². The molecule has 1 aromatic heterocycles. The van der Waals surface area contributed by atoms with E-state index in [1.807, 2.05) is 7.05 Å². The quantitative estimate of drug-likeness (QED) is 0.850. The van der Waals surface area contributed by atoms with Gasteiger partial charge in [0.25, 0.3) is 5.89 Å². The second kappa shape index (κ2) is 7.65. The van der Waals surface area contributed by atoms with Crippen LogP contribution in [-0.4, -0.2) is 64.6 Å². The molecule has 2 aliphatic rings. The number of carbonyl (C=O) groups is 2. The number of likely N-dealkylation sites (N-methyl/N-ethyl adjacent to an activating group) is 1. The number of carbonyl (C=O) groups excluding carboxylic acids is 1. The van der Waals surface area contributed by atoms with Gasteiger partial charge in [-0.25, -0.2) is 9.78 Å². The van der Waals surface area contributed by atoms with Gasteiger partial charge in [-0.05, 0) is 25.8 Å². The number of aliphatic carboxylic acids is 1. The SMILES string of the molecule is CC1CC(N(C)C(=O)c2nc3c(o2)CCN(C)C3)C1.O=C(O)C(F)(F)F. The molecule has 10 heteroatoms. The molecule has 2 heterocycles. The molecule has 1 aliphatic carbocycles. The summed E-state index contributed by atoms with van der Waals surface area (Å²) >= 11 is 0. The second-order valence-electron chi connectivity index (χ2n) is 6.83. The van der Waals surface area contributed by atoms with E-state index in [4.69, 9.17) is 14.3 Å². The molecule has 0 unspecified atom stereocenters. The number of oxazole rings is 1. The zero-order valence-corrected chi connectivity index (χ0v) is 14.8. The van der Waals surface area contributed by atoms with E-state index in [9.17, 15) is 18.0 Å². The maximum absolute atomic E-state index is 12.3. The molecule has 26 heavy (non-hydrogen) atoms. The van der Waals surface area contributed by atoms with Crippen molar-refractivity contribution >= 4 is 11.9 Å². The first kappa shape index (κ1) is 20.2. The Bertz CT molecular complexity index is 668. The molecule has 146 valence electrons. The molecule has 0 spiro atoms. The van der Waals surface area contributed by atoms with Gasteiger partial charge in [0.05, 0.1) is 5.69 Å². The highest BCUT2D eigenvalue weighted by Gasteiger charge is 2.38. The van der Waals surface area contributed by atoms with Crippen molar-refractivity contribution in [3.8, 4) is 0 Å². The summed E-state index contributed by atoms with van der Waals surface area (Å²) in [7, 11) is 3.91. The molecule has 1 fully saturated rings. The van der Waals surface area contributed by atoms with Gasteiger partial charge in [-0.1, -0.05) is 6.92 Å². The molecule has 0 radical (unpaired) electrons. The fourth-order valence-electron chi connectivity index (χ4n) is 2.91. The number of carboxylic acid groups (broad SMARTS) is 1. The number of carboxylic acids is 1. The summed E-state index contributed by atoms with van der Waals surface area (Å²) in [5, 5.41) is 7.12. The lowest BCUT2D eigenvalue weighted by atomic mass is 9.81. The van der Waals surface area contributed by atoms with Crippen LogP contribution in [0.2, 0.25) is 0 Å². The molecule has 1 aliphatic heterocycles. The van der Waals surface area contributed by atoms with Crippen molar-refractivity contribution in [3.05, 3.63) is 17.3 Å². The van der Waals surface area contributed by atoms with Crippen LogP contribution in [0.25, 0.3) is 0 Å². The lowest BCUT2D eigenvalue weighted by Gasteiger charge is -2.38. The van der Waals surface area contributed by atoms with E-state index in [-0.39, 0.29) is 11.8 Å². The van der Waals surface area contributed by atoms with E-state index >= 15 is 0 Å². The van der Waals surface area contributed by atoms with Crippen LogP contribution in [0.15, 0.2) is 4.42 Å². The largest absolute Gasteiger partial charge is 0.490 e. The van der Waals surface area contributed by atoms with Crippen LogP contribution in [0.4, 0.5) is 13.2 Å². The van der Waals surface area contributed by atoms with E-state index in [0.29, 0.717) is 6.04 Å². The second-order valence-corrected chi connectivity index (χ2v) is 6.83. The lowest BCUT2D eigenvalue weighted by Crippen LogP contribution is -2.44. The zero-order chi connectivity index (χ0) is 19.6. The fourth-order valence-corrected chi connectivity index (χ4v) is 2.91. The molecule has 0 bridgehead atoms. The summed E-state index contributed by atoms with van der Waals surface area (Å²) in [4.78, 5) is 29.6. The number of amides is 1. The van der Waals surface area contributed by atoms with Gasteiger partial charge in [0.2, 0.25) is 0 Å². The van der Waals surface area contributed by atoms with Crippen LogP contribution in [0.1, 0.15) is 41.9 Å². The fraction of sp³-hybridized carbons (Fsp3) is 0.688. The highest BCUT2D eigenvalue weighted by Crippen LogP contribution is 2.31. The number of nitrogens with zero attached hydrogens (tertiary/aromatic N) is 3. The smallest absolute Gasteiger partial charge is 0.475 e. The number of halogens is 3. The Kier molecular flexibility index (Phi) is 5.94. The lowest BCUT2D eigenvalue weighted by molar-refractivity contribution is -0.192. The maximum atomic E-state index is 12.3. The number of hydrogen-bond donors (Lipinski definition) is 1. The Balaban J connectivity index is 0.000000298. The van der Waals surface area contributed by atoms with Crippen LogP contribution < -0.4 is 0 Å². The third kappa shape index (κ3) is 4.75. The van der Waals surface area contributed by atoms with Crippen molar-refractivity contribution in [2.45, 2.75) is 44.9 Å².